The molecule has 0 bridgehead atoms. The number of ether oxygens (including phenoxy) is 1. The predicted molar refractivity (Wildman–Crippen MR) is 151 cm³/mol. The van der Waals surface area contributed by atoms with Crippen molar-refractivity contribution in [3.05, 3.63) is 94.9 Å². The molecule has 1 aromatic heterocycles. The van der Waals surface area contributed by atoms with Crippen LogP contribution < -0.4 is 25.2 Å². The average Bonchev–Trinajstić information content (AvgIpc) is 3.33. The highest BCUT2D eigenvalue weighted by Gasteiger charge is 2.20. The molecule has 0 unspecified atom stereocenters. The Morgan fingerprint density at radius 3 is 2.54 bits per heavy atom. The quantitative estimate of drug-likeness (QED) is 0.0748. The summed E-state index contributed by atoms with van der Waals surface area (Å²) in [7, 11) is -4.15. The van der Waals surface area contributed by atoms with Crippen LogP contribution in [0.4, 0.5) is 20.2 Å². The van der Waals surface area contributed by atoms with E-state index in [0.717, 1.165) is 12.3 Å². The molecule has 0 aliphatic carbocycles. The molecule has 0 saturated heterocycles. The first kappa shape index (κ1) is 29.2. The molecule has 4 aromatic rings. The molecular formula is C27H26F2N6O5S. The van der Waals surface area contributed by atoms with Crippen molar-refractivity contribution in [2.75, 3.05) is 23.2 Å². The second-order valence-corrected chi connectivity index (χ2v) is 10.3. The molecule has 0 fully saturated rings. The number of carbonyl (C=O) groups is 1. The van der Waals surface area contributed by atoms with Gasteiger partial charge in [0.25, 0.3) is 10.2 Å². The van der Waals surface area contributed by atoms with E-state index in [2.05, 4.69) is 10.3 Å². The number of aryl methyl sites for hydroxylation is 1. The van der Waals surface area contributed by atoms with Gasteiger partial charge in [0.2, 0.25) is 5.78 Å². The second kappa shape index (κ2) is 12.2. The highest BCUT2D eigenvalue weighted by atomic mass is 32.2. The third kappa shape index (κ3) is 6.87. The number of aromatic amines is 1. The van der Waals surface area contributed by atoms with Crippen molar-refractivity contribution < 1.29 is 31.8 Å². The second-order valence-electron chi connectivity index (χ2n) is 8.76. The third-order valence-electron chi connectivity index (χ3n) is 5.81. The first-order valence-electron chi connectivity index (χ1n) is 12.1. The molecule has 0 radical (unpaired) electrons. The van der Waals surface area contributed by atoms with Gasteiger partial charge in [-0.05, 0) is 61.0 Å². The number of halogens is 2. The van der Waals surface area contributed by atoms with Crippen molar-refractivity contribution in [1.82, 2.24) is 9.71 Å². The number of rotatable bonds is 12. The maximum atomic E-state index is 14.6. The van der Waals surface area contributed by atoms with E-state index in [4.69, 9.17) is 21.0 Å². The van der Waals surface area contributed by atoms with E-state index in [1.54, 1.807) is 37.3 Å². The zero-order valence-corrected chi connectivity index (χ0v) is 22.4. The van der Waals surface area contributed by atoms with Gasteiger partial charge in [-0.3, -0.25) is 9.52 Å². The molecule has 214 valence electrons. The lowest BCUT2D eigenvalue weighted by molar-refractivity contribution is 0.103. The molecule has 14 heteroatoms. The summed E-state index contributed by atoms with van der Waals surface area (Å²) >= 11 is 0. The molecular weight excluding hydrogens is 558 g/mol. The van der Waals surface area contributed by atoms with Gasteiger partial charge >= 0.3 is 0 Å². The van der Waals surface area contributed by atoms with E-state index < -0.39 is 34.2 Å². The summed E-state index contributed by atoms with van der Waals surface area (Å²) in [6, 6.07) is 14.4. The van der Waals surface area contributed by atoms with Gasteiger partial charge in [-0.1, -0.05) is 12.1 Å². The smallest absolute Gasteiger partial charge is 0.299 e. The van der Waals surface area contributed by atoms with Crippen molar-refractivity contribution in [3.63, 3.8) is 0 Å². The SMILES string of the molecule is Cc1cc(Oc2ccccc2F)ccc1N/C(N)=C(\C=N)C(=O)c1cc2cc(F)c(NS(=O)(=O)NCCO)cc2[nH]1. The number of aromatic nitrogens is 1. The van der Waals surface area contributed by atoms with Gasteiger partial charge in [-0.25, -0.2) is 8.78 Å². The summed E-state index contributed by atoms with van der Waals surface area (Å²) in [5.41, 5.74) is 6.94. The Morgan fingerprint density at radius 1 is 1.10 bits per heavy atom. The molecule has 41 heavy (non-hydrogen) atoms. The van der Waals surface area contributed by atoms with Gasteiger partial charge < -0.3 is 31.3 Å². The number of aliphatic hydroxyl groups excluding tert-OH is 1. The van der Waals surface area contributed by atoms with Gasteiger partial charge in [0, 0.05) is 29.3 Å². The predicted octanol–water partition coefficient (Wildman–Crippen LogP) is 3.90. The summed E-state index contributed by atoms with van der Waals surface area (Å²) in [4.78, 5) is 16.0. The number of carbonyl (C=O) groups excluding carboxylic acids is 1. The monoisotopic (exact) mass is 584 g/mol. The number of benzene rings is 3. The van der Waals surface area contributed by atoms with Crippen LogP contribution in [0.15, 0.2) is 72.1 Å². The number of aliphatic hydroxyl groups is 1. The van der Waals surface area contributed by atoms with E-state index in [-0.39, 0.29) is 46.0 Å². The molecule has 8 N–H and O–H groups in total. The van der Waals surface area contributed by atoms with Gasteiger partial charge in [0.05, 0.1) is 23.6 Å². The Hall–Kier alpha value is -4.79. The lowest BCUT2D eigenvalue weighted by Gasteiger charge is -2.14. The number of hydrogen-bond donors (Lipinski definition) is 7. The number of H-pyrrole nitrogens is 1. The Morgan fingerprint density at radius 2 is 1.85 bits per heavy atom. The minimum atomic E-state index is -4.15. The van der Waals surface area contributed by atoms with Crippen LogP contribution in [-0.4, -0.2) is 43.7 Å². The van der Waals surface area contributed by atoms with Crippen LogP contribution in [0.1, 0.15) is 16.1 Å². The number of nitrogens with two attached hydrogens (primary N) is 1. The van der Waals surface area contributed by atoms with Crippen molar-refractivity contribution in [1.29, 1.82) is 5.41 Å². The number of para-hydroxylation sites is 1. The van der Waals surface area contributed by atoms with Crippen molar-refractivity contribution in [2.45, 2.75) is 6.92 Å². The highest BCUT2D eigenvalue weighted by molar-refractivity contribution is 7.90. The fourth-order valence-electron chi connectivity index (χ4n) is 3.83. The topological polar surface area (TPSA) is 182 Å². The summed E-state index contributed by atoms with van der Waals surface area (Å²) in [5, 5.41) is 19.7. The standard InChI is InChI=1S/C27H26F2N6O5S/c1-15-10-17(40-25-5-3-2-4-19(25)28)6-7-21(15)34-27(31)18(14-30)26(37)24-12-16-11-20(29)23(13-22(16)33-24)35-41(38,39)32-8-9-36/h2-7,10-14,30,32-36H,8-9,31H2,1H3/b27-18+,30-14?. The number of hydrogen-bond acceptors (Lipinski definition) is 8. The molecule has 1 heterocycles. The fourth-order valence-corrected chi connectivity index (χ4v) is 4.71. The molecule has 0 atom stereocenters. The number of Topliss-reactive ketones (excluding diaryl/α,β-unsaturated/α-hetero) is 1. The number of allylic oxidation sites excluding steroid dienone is 1. The van der Waals surface area contributed by atoms with E-state index in [1.165, 1.54) is 24.3 Å². The van der Waals surface area contributed by atoms with Crippen molar-refractivity contribution in [2.24, 2.45) is 5.73 Å². The summed E-state index contributed by atoms with van der Waals surface area (Å²) < 4.78 is 62.2. The Labute approximate surface area is 233 Å². The van der Waals surface area contributed by atoms with Crippen LogP contribution in [0, 0.1) is 24.0 Å². The number of anilines is 2. The third-order valence-corrected chi connectivity index (χ3v) is 6.88. The fraction of sp³-hybridized carbons (Fsp3) is 0.111. The van der Waals surface area contributed by atoms with Gasteiger partial charge in [-0.2, -0.15) is 13.1 Å². The van der Waals surface area contributed by atoms with Crippen molar-refractivity contribution in [3.8, 4) is 11.5 Å². The Balaban J connectivity index is 1.55. The zero-order valence-electron chi connectivity index (χ0n) is 21.6. The van der Waals surface area contributed by atoms with Crippen molar-refractivity contribution >= 4 is 44.5 Å². The normalized spacial score (nSPS) is 12.1. The first-order chi connectivity index (χ1) is 19.5. The molecule has 0 saturated carbocycles. The molecule has 0 spiro atoms. The maximum absolute atomic E-state index is 14.6. The average molecular weight is 585 g/mol. The maximum Gasteiger partial charge on any atom is 0.299 e. The van der Waals surface area contributed by atoms with E-state index >= 15 is 0 Å². The number of ketones is 1. The molecule has 3 aromatic carbocycles. The van der Waals surface area contributed by atoms with Crippen LogP contribution in [-0.2, 0) is 10.2 Å². The molecule has 0 aliphatic rings. The first-order valence-corrected chi connectivity index (χ1v) is 13.5. The minimum Gasteiger partial charge on any atom is -0.454 e. The lowest BCUT2D eigenvalue weighted by atomic mass is 10.1. The van der Waals surface area contributed by atoms with E-state index in [9.17, 15) is 22.0 Å². The van der Waals surface area contributed by atoms with E-state index in [0.29, 0.717) is 17.0 Å². The minimum absolute atomic E-state index is 0.0218. The highest BCUT2D eigenvalue weighted by Crippen LogP contribution is 2.29. The molecule has 11 nitrogen and oxygen atoms in total. The molecule has 0 aliphatic heterocycles. The zero-order chi connectivity index (χ0) is 29.7. The summed E-state index contributed by atoms with van der Waals surface area (Å²) in [5.74, 6) is -1.78. The van der Waals surface area contributed by atoms with Gasteiger partial charge in [0.15, 0.2) is 11.6 Å². The van der Waals surface area contributed by atoms with Crippen LogP contribution in [0.25, 0.3) is 10.9 Å². The largest absolute Gasteiger partial charge is 0.454 e. The van der Waals surface area contributed by atoms with Crippen LogP contribution in [0.2, 0.25) is 0 Å². The number of nitrogens with one attached hydrogen (secondary N) is 5. The summed E-state index contributed by atoms with van der Waals surface area (Å²) in [6.07, 6.45) is 0.772. The lowest BCUT2D eigenvalue weighted by Crippen LogP contribution is -2.32. The van der Waals surface area contributed by atoms with Crippen LogP contribution in [0.3, 0.4) is 0 Å². The number of fused-ring (bicyclic) bond motifs is 1. The summed E-state index contributed by atoms with van der Waals surface area (Å²) in [6.45, 7) is 1.03. The molecule has 0 amide bonds. The van der Waals surface area contributed by atoms with Gasteiger partial charge in [0.1, 0.15) is 17.4 Å². The Kier molecular flexibility index (Phi) is 8.66. The molecule has 4 rings (SSSR count). The van der Waals surface area contributed by atoms with E-state index in [1.807, 2.05) is 9.44 Å². The Bertz CT molecular complexity index is 1770. The van der Waals surface area contributed by atoms with Crippen LogP contribution in [0.5, 0.6) is 11.5 Å². The van der Waals surface area contributed by atoms with Gasteiger partial charge in [-0.15, -0.1) is 0 Å². The van der Waals surface area contributed by atoms with Crippen LogP contribution >= 0.6 is 0 Å².